The number of nitrogens with one attached hydrogen (secondary N) is 1. The molecule has 0 spiro atoms. The van der Waals surface area contributed by atoms with Crippen molar-refractivity contribution in [3.63, 3.8) is 0 Å². The lowest BCUT2D eigenvalue weighted by atomic mass is 10.2. The zero-order chi connectivity index (χ0) is 15.4. The number of hydrogen-bond donors (Lipinski definition) is 1. The summed E-state index contributed by atoms with van der Waals surface area (Å²) in [5, 5.41) is 5.40. The molecule has 22 heavy (non-hydrogen) atoms. The van der Waals surface area contributed by atoms with E-state index >= 15 is 0 Å². The van der Waals surface area contributed by atoms with Gasteiger partial charge in [0.2, 0.25) is 0 Å². The highest BCUT2D eigenvalue weighted by Crippen LogP contribution is 2.21. The molecule has 2 heterocycles. The summed E-state index contributed by atoms with van der Waals surface area (Å²) < 4.78 is 13.1. The maximum absolute atomic E-state index is 13.1. The first-order valence-electron chi connectivity index (χ1n) is 6.62. The number of halogens is 1. The van der Waals surface area contributed by atoms with Gasteiger partial charge in [0.05, 0.1) is 17.9 Å². The molecular weight excluding hydrogens is 301 g/mol. The van der Waals surface area contributed by atoms with Crippen molar-refractivity contribution in [3.05, 3.63) is 71.1 Å². The van der Waals surface area contributed by atoms with Crippen molar-refractivity contribution in [3.8, 4) is 10.7 Å². The number of hydrogen-bond acceptors (Lipinski definition) is 4. The normalized spacial score (nSPS) is 10.4. The molecule has 1 aromatic carbocycles. The van der Waals surface area contributed by atoms with Gasteiger partial charge in [-0.3, -0.25) is 9.78 Å². The predicted octanol–water partition coefficient (Wildman–Crippen LogP) is 3.27. The zero-order valence-electron chi connectivity index (χ0n) is 11.5. The molecule has 2 aromatic heterocycles. The van der Waals surface area contributed by atoms with Crippen LogP contribution in [-0.2, 0) is 6.54 Å². The molecule has 3 aromatic rings. The Labute approximate surface area is 130 Å². The Morgan fingerprint density at radius 1 is 1.23 bits per heavy atom. The van der Waals surface area contributed by atoms with Gasteiger partial charge in [-0.1, -0.05) is 12.1 Å². The molecule has 0 atom stereocenters. The van der Waals surface area contributed by atoms with E-state index in [0.29, 0.717) is 12.1 Å². The second-order valence-electron chi connectivity index (χ2n) is 4.55. The molecule has 0 saturated carbocycles. The van der Waals surface area contributed by atoms with Crippen molar-refractivity contribution in [1.82, 2.24) is 15.3 Å². The average Bonchev–Trinajstić information content (AvgIpc) is 3.02. The summed E-state index contributed by atoms with van der Waals surface area (Å²) >= 11 is 1.47. The lowest BCUT2D eigenvalue weighted by Gasteiger charge is -2.03. The number of rotatable bonds is 4. The van der Waals surface area contributed by atoms with Crippen molar-refractivity contribution in [2.75, 3.05) is 0 Å². The van der Waals surface area contributed by atoms with Crippen molar-refractivity contribution in [2.24, 2.45) is 0 Å². The number of pyridine rings is 1. The minimum Gasteiger partial charge on any atom is -0.346 e. The minimum atomic E-state index is -0.432. The number of thiazole rings is 1. The monoisotopic (exact) mass is 313 g/mol. The first-order valence-corrected chi connectivity index (χ1v) is 7.50. The van der Waals surface area contributed by atoms with Crippen LogP contribution >= 0.6 is 11.3 Å². The van der Waals surface area contributed by atoms with Crippen LogP contribution in [0.5, 0.6) is 0 Å². The number of aromatic nitrogens is 2. The van der Waals surface area contributed by atoms with Crippen LogP contribution in [0.1, 0.15) is 16.1 Å². The van der Waals surface area contributed by atoms with Gasteiger partial charge >= 0.3 is 0 Å². The van der Waals surface area contributed by atoms with Gasteiger partial charge in [-0.25, -0.2) is 9.37 Å². The second kappa shape index (κ2) is 6.44. The molecule has 0 unspecified atom stereocenters. The molecule has 0 fully saturated rings. The Bertz CT molecular complexity index is 789. The van der Waals surface area contributed by atoms with Crippen molar-refractivity contribution >= 4 is 17.2 Å². The number of carbonyl (C=O) groups excluding carboxylic acids is 1. The maximum atomic E-state index is 13.1. The van der Waals surface area contributed by atoms with E-state index < -0.39 is 5.82 Å². The quantitative estimate of drug-likeness (QED) is 0.804. The molecule has 110 valence electrons. The van der Waals surface area contributed by atoms with Crippen LogP contribution in [0, 0.1) is 5.82 Å². The Kier molecular flexibility index (Phi) is 4.20. The largest absolute Gasteiger partial charge is 0.346 e. The van der Waals surface area contributed by atoms with Gasteiger partial charge in [0.25, 0.3) is 5.91 Å². The molecule has 0 radical (unpaired) electrons. The number of amides is 1. The summed E-state index contributed by atoms with van der Waals surface area (Å²) in [6.45, 7) is 0.290. The van der Waals surface area contributed by atoms with Crippen LogP contribution in [0.15, 0.2) is 54.0 Å². The molecule has 0 aliphatic carbocycles. The van der Waals surface area contributed by atoms with E-state index in [0.717, 1.165) is 16.4 Å². The summed E-state index contributed by atoms with van der Waals surface area (Å²) in [5.74, 6) is -0.759. The van der Waals surface area contributed by atoms with Gasteiger partial charge in [0, 0.05) is 17.1 Å². The first-order chi connectivity index (χ1) is 10.7. The van der Waals surface area contributed by atoms with Gasteiger partial charge < -0.3 is 5.32 Å². The standard InChI is InChI=1S/C16H12FN3OS/c17-12-5-3-4-11(8-12)15(21)19-9-13-10-22-16(20-13)14-6-1-2-7-18-14/h1-8,10H,9H2,(H,19,21). The maximum Gasteiger partial charge on any atom is 0.251 e. The average molecular weight is 313 g/mol. The molecule has 0 aliphatic rings. The van der Waals surface area contributed by atoms with Gasteiger partial charge in [-0.2, -0.15) is 0 Å². The molecule has 0 saturated heterocycles. The van der Waals surface area contributed by atoms with Crippen LogP contribution in [0.25, 0.3) is 10.7 Å². The van der Waals surface area contributed by atoms with E-state index in [1.807, 2.05) is 23.6 Å². The molecule has 0 aliphatic heterocycles. The Morgan fingerprint density at radius 2 is 2.14 bits per heavy atom. The molecule has 3 rings (SSSR count). The third kappa shape index (κ3) is 3.35. The van der Waals surface area contributed by atoms with Gasteiger partial charge in [-0.05, 0) is 30.3 Å². The third-order valence-corrected chi connectivity index (χ3v) is 3.87. The fraction of sp³-hybridized carbons (Fsp3) is 0.0625. The summed E-state index contributed by atoms with van der Waals surface area (Å²) in [6, 6.07) is 11.2. The van der Waals surface area contributed by atoms with Crippen LogP contribution in [0.3, 0.4) is 0 Å². The van der Waals surface area contributed by atoms with Crippen molar-refractivity contribution in [1.29, 1.82) is 0 Å². The minimum absolute atomic E-state index is 0.290. The fourth-order valence-electron chi connectivity index (χ4n) is 1.90. The van der Waals surface area contributed by atoms with Crippen molar-refractivity contribution < 1.29 is 9.18 Å². The molecule has 6 heteroatoms. The number of benzene rings is 1. The van der Waals surface area contributed by atoms with Crippen molar-refractivity contribution in [2.45, 2.75) is 6.54 Å². The van der Waals surface area contributed by atoms with E-state index in [1.54, 1.807) is 12.3 Å². The second-order valence-corrected chi connectivity index (χ2v) is 5.41. The van der Waals surface area contributed by atoms with Gasteiger partial charge in [0.1, 0.15) is 10.8 Å². The Balaban J connectivity index is 1.65. The van der Waals surface area contributed by atoms with Crippen LogP contribution in [0.4, 0.5) is 4.39 Å². The van der Waals surface area contributed by atoms with Crippen LogP contribution < -0.4 is 5.32 Å². The van der Waals surface area contributed by atoms with Crippen LogP contribution in [-0.4, -0.2) is 15.9 Å². The van der Waals surface area contributed by atoms with E-state index in [2.05, 4.69) is 15.3 Å². The van der Waals surface area contributed by atoms with E-state index in [1.165, 1.54) is 29.5 Å². The highest BCUT2D eigenvalue weighted by atomic mass is 32.1. The molecular formula is C16H12FN3OS. The van der Waals surface area contributed by atoms with E-state index in [9.17, 15) is 9.18 Å². The fourth-order valence-corrected chi connectivity index (χ4v) is 2.69. The number of carbonyl (C=O) groups is 1. The topological polar surface area (TPSA) is 54.9 Å². The van der Waals surface area contributed by atoms with E-state index in [4.69, 9.17) is 0 Å². The molecule has 4 nitrogen and oxygen atoms in total. The van der Waals surface area contributed by atoms with Gasteiger partial charge in [0.15, 0.2) is 0 Å². The highest BCUT2D eigenvalue weighted by molar-refractivity contribution is 7.13. The van der Waals surface area contributed by atoms with Crippen LogP contribution in [0.2, 0.25) is 0 Å². The van der Waals surface area contributed by atoms with Gasteiger partial charge in [-0.15, -0.1) is 11.3 Å². The summed E-state index contributed by atoms with van der Waals surface area (Å²) in [5.41, 5.74) is 1.84. The molecule has 1 amide bonds. The van der Waals surface area contributed by atoms with E-state index in [-0.39, 0.29) is 5.91 Å². The predicted molar refractivity (Wildman–Crippen MR) is 82.9 cm³/mol. The zero-order valence-corrected chi connectivity index (χ0v) is 12.3. The first kappa shape index (κ1) is 14.3. The lowest BCUT2D eigenvalue weighted by molar-refractivity contribution is 0.0950. The third-order valence-electron chi connectivity index (χ3n) is 2.95. The lowest BCUT2D eigenvalue weighted by Crippen LogP contribution is -2.23. The SMILES string of the molecule is O=C(NCc1csc(-c2ccccn2)n1)c1cccc(F)c1. The molecule has 1 N–H and O–H groups in total. The Hall–Kier alpha value is -2.60. The molecule has 0 bridgehead atoms. The summed E-state index contributed by atoms with van der Waals surface area (Å²) in [4.78, 5) is 20.6. The smallest absolute Gasteiger partial charge is 0.251 e. The summed E-state index contributed by atoms with van der Waals surface area (Å²) in [6.07, 6.45) is 1.71. The highest BCUT2D eigenvalue weighted by Gasteiger charge is 2.09. The summed E-state index contributed by atoms with van der Waals surface area (Å²) in [7, 11) is 0. The Morgan fingerprint density at radius 3 is 2.91 bits per heavy atom. The number of nitrogens with zero attached hydrogens (tertiary/aromatic N) is 2.